The van der Waals surface area contributed by atoms with E-state index in [1.165, 1.54) is 0 Å². The predicted molar refractivity (Wildman–Crippen MR) is 57.9 cm³/mol. The first-order chi connectivity index (χ1) is 7.02. The molecule has 1 heterocycles. The maximum absolute atomic E-state index is 8.66. The Morgan fingerprint density at radius 2 is 1.87 bits per heavy atom. The molecule has 0 amide bonds. The monoisotopic (exact) mass is 245 g/mol. The van der Waals surface area contributed by atoms with Crippen molar-refractivity contribution in [1.29, 1.82) is 5.26 Å². The highest BCUT2D eigenvalue weighted by atomic mass is 35.5. The van der Waals surface area contributed by atoms with E-state index >= 15 is 0 Å². The molecule has 0 aliphatic heterocycles. The molecule has 0 spiro atoms. The Kier molecular flexibility index (Phi) is 4.06. The van der Waals surface area contributed by atoms with E-state index in [1.807, 2.05) is 0 Å². The number of anilines is 1. The summed E-state index contributed by atoms with van der Waals surface area (Å²) in [6, 6.07) is 2.12. The Morgan fingerprint density at radius 1 is 1.33 bits per heavy atom. The minimum Gasteiger partial charge on any atom is -0.342 e. The van der Waals surface area contributed by atoms with E-state index in [2.05, 4.69) is 21.0 Å². The molecule has 0 saturated heterocycles. The van der Waals surface area contributed by atoms with Crippen molar-refractivity contribution in [3.05, 3.63) is 10.6 Å². The first-order valence-corrected chi connectivity index (χ1v) is 4.96. The lowest BCUT2D eigenvalue weighted by Gasteiger charge is -2.17. The van der Waals surface area contributed by atoms with Gasteiger partial charge in [0.15, 0.2) is 0 Å². The molecule has 1 rings (SSSR count). The normalized spacial score (nSPS) is 11.9. The SMILES string of the molecule is CC(C#N)CN(C)c1nc(Cl)nc(Cl)n1. The van der Waals surface area contributed by atoms with E-state index in [1.54, 1.807) is 18.9 Å². The van der Waals surface area contributed by atoms with Crippen LogP contribution in [-0.4, -0.2) is 28.5 Å². The number of nitrogens with zero attached hydrogens (tertiary/aromatic N) is 5. The van der Waals surface area contributed by atoms with E-state index in [0.717, 1.165) is 0 Å². The summed E-state index contributed by atoms with van der Waals surface area (Å²) in [5.41, 5.74) is 0. The van der Waals surface area contributed by atoms with Crippen LogP contribution in [0.3, 0.4) is 0 Å². The zero-order chi connectivity index (χ0) is 11.4. The lowest BCUT2D eigenvalue weighted by molar-refractivity contribution is 0.700. The molecule has 0 bridgehead atoms. The second kappa shape index (κ2) is 5.10. The highest BCUT2D eigenvalue weighted by Crippen LogP contribution is 2.13. The van der Waals surface area contributed by atoms with Crippen LogP contribution in [0.4, 0.5) is 5.95 Å². The van der Waals surface area contributed by atoms with Gasteiger partial charge in [-0.15, -0.1) is 0 Å². The van der Waals surface area contributed by atoms with Crippen LogP contribution in [-0.2, 0) is 0 Å². The van der Waals surface area contributed by atoms with Crippen molar-refractivity contribution < 1.29 is 0 Å². The Morgan fingerprint density at radius 3 is 2.33 bits per heavy atom. The Balaban J connectivity index is 2.82. The van der Waals surface area contributed by atoms with Gasteiger partial charge < -0.3 is 4.90 Å². The summed E-state index contributed by atoms with van der Waals surface area (Å²) in [6.07, 6.45) is 0. The highest BCUT2D eigenvalue weighted by Gasteiger charge is 2.11. The van der Waals surface area contributed by atoms with Crippen LogP contribution in [0, 0.1) is 17.2 Å². The molecule has 0 aromatic carbocycles. The van der Waals surface area contributed by atoms with Crippen LogP contribution < -0.4 is 4.90 Å². The largest absolute Gasteiger partial charge is 0.342 e. The van der Waals surface area contributed by atoms with Gasteiger partial charge in [-0.05, 0) is 30.1 Å². The number of hydrogen-bond donors (Lipinski definition) is 0. The zero-order valence-corrected chi connectivity index (χ0v) is 9.79. The van der Waals surface area contributed by atoms with E-state index in [0.29, 0.717) is 12.5 Å². The molecular formula is C8H9Cl2N5. The Bertz CT molecular complexity index is 369. The molecular weight excluding hydrogens is 237 g/mol. The number of aromatic nitrogens is 3. The Labute approximate surface area is 97.7 Å². The lowest BCUT2D eigenvalue weighted by atomic mass is 10.2. The highest BCUT2D eigenvalue weighted by molar-refractivity contribution is 6.31. The molecule has 0 saturated carbocycles. The summed E-state index contributed by atoms with van der Waals surface area (Å²) < 4.78 is 0. The topological polar surface area (TPSA) is 65.7 Å². The molecule has 0 aliphatic rings. The van der Waals surface area contributed by atoms with Gasteiger partial charge in [0, 0.05) is 13.6 Å². The lowest BCUT2D eigenvalue weighted by Crippen LogP contribution is -2.25. The molecule has 80 valence electrons. The van der Waals surface area contributed by atoms with Crippen LogP contribution in [0.25, 0.3) is 0 Å². The van der Waals surface area contributed by atoms with Crippen LogP contribution >= 0.6 is 23.2 Å². The fourth-order valence-electron chi connectivity index (χ4n) is 1.02. The molecule has 1 aromatic rings. The van der Waals surface area contributed by atoms with Gasteiger partial charge in [0.2, 0.25) is 16.5 Å². The quantitative estimate of drug-likeness (QED) is 0.813. The molecule has 1 unspecified atom stereocenters. The van der Waals surface area contributed by atoms with Crippen molar-refractivity contribution in [1.82, 2.24) is 15.0 Å². The van der Waals surface area contributed by atoms with Gasteiger partial charge in [-0.3, -0.25) is 0 Å². The smallest absolute Gasteiger partial charge is 0.230 e. The van der Waals surface area contributed by atoms with E-state index in [-0.39, 0.29) is 16.5 Å². The summed E-state index contributed by atoms with van der Waals surface area (Å²) in [6.45, 7) is 2.31. The summed E-state index contributed by atoms with van der Waals surface area (Å²) in [5.74, 6) is 0.242. The van der Waals surface area contributed by atoms with Gasteiger partial charge in [0.1, 0.15) is 0 Å². The molecule has 0 radical (unpaired) electrons. The molecule has 0 fully saturated rings. The van der Waals surface area contributed by atoms with Gasteiger partial charge in [0.05, 0.1) is 12.0 Å². The minimum absolute atomic E-state index is 0.0430. The summed E-state index contributed by atoms with van der Waals surface area (Å²) in [4.78, 5) is 13.1. The molecule has 5 nitrogen and oxygen atoms in total. The average molecular weight is 246 g/mol. The number of hydrogen-bond acceptors (Lipinski definition) is 5. The summed E-state index contributed by atoms with van der Waals surface area (Å²) in [7, 11) is 1.76. The average Bonchev–Trinajstić information content (AvgIpc) is 2.16. The fraction of sp³-hybridized carbons (Fsp3) is 0.500. The van der Waals surface area contributed by atoms with E-state index in [9.17, 15) is 0 Å². The molecule has 1 atom stereocenters. The molecule has 0 N–H and O–H groups in total. The van der Waals surface area contributed by atoms with Crippen LogP contribution in [0.5, 0.6) is 0 Å². The first-order valence-electron chi connectivity index (χ1n) is 4.20. The molecule has 1 aromatic heterocycles. The maximum Gasteiger partial charge on any atom is 0.230 e. The molecule has 0 aliphatic carbocycles. The predicted octanol–water partition coefficient (Wildman–Crippen LogP) is 1.77. The zero-order valence-electron chi connectivity index (χ0n) is 8.28. The standard InChI is InChI=1S/C8H9Cl2N5/c1-5(3-11)4-15(2)8-13-6(9)12-7(10)14-8/h5H,4H2,1-2H3. The third-order valence-corrected chi connectivity index (χ3v) is 2.02. The van der Waals surface area contributed by atoms with Crippen LogP contribution in [0.15, 0.2) is 0 Å². The van der Waals surface area contributed by atoms with Crippen molar-refractivity contribution in [3.63, 3.8) is 0 Å². The van der Waals surface area contributed by atoms with Crippen LogP contribution in [0.2, 0.25) is 10.6 Å². The minimum atomic E-state index is -0.121. The number of nitriles is 1. The van der Waals surface area contributed by atoms with Crippen molar-refractivity contribution in [3.8, 4) is 6.07 Å². The van der Waals surface area contributed by atoms with Gasteiger partial charge in [-0.25, -0.2) is 0 Å². The Hall–Kier alpha value is -1.12. The van der Waals surface area contributed by atoms with Crippen molar-refractivity contribution in [2.24, 2.45) is 5.92 Å². The van der Waals surface area contributed by atoms with Crippen molar-refractivity contribution in [2.75, 3.05) is 18.5 Å². The van der Waals surface area contributed by atoms with E-state index < -0.39 is 0 Å². The number of rotatable bonds is 3. The third kappa shape index (κ3) is 3.50. The number of halogens is 2. The van der Waals surface area contributed by atoms with Crippen molar-refractivity contribution >= 4 is 29.2 Å². The van der Waals surface area contributed by atoms with Gasteiger partial charge in [0.25, 0.3) is 0 Å². The summed E-state index contributed by atoms with van der Waals surface area (Å²) >= 11 is 11.3. The first kappa shape index (κ1) is 12.0. The van der Waals surface area contributed by atoms with Crippen LogP contribution in [0.1, 0.15) is 6.92 Å². The van der Waals surface area contributed by atoms with Gasteiger partial charge in [-0.1, -0.05) is 0 Å². The summed E-state index contributed by atoms with van der Waals surface area (Å²) in [5, 5.41) is 8.74. The van der Waals surface area contributed by atoms with Gasteiger partial charge in [-0.2, -0.15) is 20.2 Å². The van der Waals surface area contributed by atoms with E-state index in [4.69, 9.17) is 28.5 Å². The molecule has 15 heavy (non-hydrogen) atoms. The second-order valence-electron chi connectivity index (χ2n) is 3.08. The molecule has 7 heteroatoms. The van der Waals surface area contributed by atoms with Crippen molar-refractivity contribution in [2.45, 2.75) is 6.92 Å². The maximum atomic E-state index is 8.66. The fourth-order valence-corrected chi connectivity index (χ4v) is 1.37. The van der Waals surface area contributed by atoms with Gasteiger partial charge >= 0.3 is 0 Å². The third-order valence-electron chi connectivity index (χ3n) is 1.68. The second-order valence-corrected chi connectivity index (χ2v) is 3.76.